The number of anilines is 1. The Morgan fingerprint density at radius 3 is 2.84 bits per heavy atom. The Bertz CT molecular complexity index is 421. The summed E-state index contributed by atoms with van der Waals surface area (Å²) in [5, 5.41) is 3.67. The molecule has 2 heterocycles. The Morgan fingerprint density at radius 2 is 2.05 bits per heavy atom. The normalized spacial score (nSPS) is 26.3. The van der Waals surface area contributed by atoms with Crippen molar-refractivity contribution in [3.8, 4) is 0 Å². The summed E-state index contributed by atoms with van der Waals surface area (Å²) in [6, 6.07) is 9.13. The van der Waals surface area contributed by atoms with Gasteiger partial charge in [0, 0.05) is 31.5 Å². The quantitative estimate of drug-likeness (QED) is 0.887. The van der Waals surface area contributed by atoms with Crippen molar-refractivity contribution in [3.05, 3.63) is 29.8 Å². The molecule has 0 aromatic heterocycles. The molecule has 1 spiro atoms. The fourth-order valence-corrected chi connectivity index (χ4v) is 3.21. The monoisotopic (exact) mass is 261 g/mol. The van der Waals surface area contributed by atoms with E-state index in [1.165, 1.54) is 11.3 Å². The summed E-state index contributed by atoms with van der Waals surface area (Å²) in [6.07, 6.45) is 4.28. The van der Waals surface area contributed by atoms with Gasteiger partial charge in [0.25, 0.3) is 0 Å². The molecule has 0 bridgehead atoms. The van der Waals surface area contributed by atoms with Crippen LogP contribution < -0.4 is 5.32 Å². The number of hydrogen-bond acceptors (Lipinski definition) is 3. The van der Waals surface area contributed by atoms with Crippen molar-refractivity contribution in [2.24, 2.45) is 0 Å². The van der Waals surface area contributed by atoms with Gasteiger partial charge >= 0.3 is 0 Å². The average Bonchev–Trinajstić information content (AvgIpc) is 2.40. The van der Waals surface area contributed by atoms with E-state index >= 15 is 0 Å². The van der Waals surface area contributed by atoms with Crippen LogP contribution >= 0.6 is 0 Å². The highest BCUT2D eigenvalue weighted by Crippen LogP contribution is 2.35. The topological polar surface area (TPSA) is 30.5 Å². The molecule has 0 amide bonds. The van der Waals surface area contributed by atoms with Crippen molar-refractivity contribution < 1.29 is 9.47 Å². The highest BCUT2D eigenvalue weighted by Gasteiger charge is 2.38. The fourth-order valence-electron chi connectivity index (χ4n) is 3.21. The molecule has 1 atom stereocenters. The molecule has 19 heavy (non-hydrogen) atoms. The van der Waals surface area contributed by atoms with Gasteiger partial charge in [-0.05, 0) is 50.3 Å². The summed E-state index contributed by atoms with van der Waals surface area (Å²) >= 11 is 0. The molecule has 2 fully saturated rings. The van der Waals surface area contributed by atoms with Gasteiger partial charge < -0.3 is 14.8 Å². The highest BCUT2D eigenvalue weighted by molar-refractivity contribution is 5.46. The number of ether oxygens (including phenoxy) is 2. The summed E-state index contributed by atoms with van der Waals surface area (Å²) in [5.41, 5.74) is 2.60. The van der Waals surface area contributed by atoms with Crippen LogP contribution in [0, 0.1) is 6.92 Å². The molecule has 0 saturated carbocycles. The highest BCUT2D eigenvalue weighted by atomic mass is 16.5. The largest absolute Gasteiger partial charge is 0.382 e. The zero-order chi connectivity index (χ0) is 13.1. The van der Waals surface area contributed by atoms with Crippen LogP contribution in [0.4, 0.5) is 5.69 Å². The predicted molar refractivity (Wildman–Crippen MR) is 76.6 cm³/mol. The first-order valence-electron chi connectivity index (χ1n) is 7.31. The van der Waals surface area contributed by atoms with E-state index in [-0.39, 0.29) is 5.60 Å². The first-order chi connectivity index (χ1) is 9.26. The third kappa shape index (κ3) is 3.10. The second kappa shape index (κ2) is 5.51. The molecular formula is C16H23NO2. The van der Waals surface area contributed by atoms with Gasteiger partial charge in [-0.1, -0.05) is 12.1 Å². The third-order valence-corrected chi connectivity index (χ3v) is 4.29. The smallest absolute Gasteiger partial charge is 0.0745 e. The van der Waals surface area contributed by atoms with Crippen molar-refractivity contribution >= 4 is 5.69 Å². The van der Waals surface area contributed by atoms with Crippen LogP contribution in [-0.4, -0.2) is 31.5 Å². The number of hydrogen-bond donors (Lipinski definition) is 1. The van der Waals surface area contributed by atoms with Crippen LogP contribution in [0.15, 0.2) is 24.3 Å². The van der Waals surface area contributed by atoms with E-state index in [0.717, 1.165) is 45.5 Å². The summed E-state index contributed by atoms with van der Waals surface area (Å²) < 4.78 is 11.5. The molecule has 2 aliphatic heterocycles. The van der Waals surface area contributed by atoms with Crippen LogP contribution in [0.3, 0.4) is 0 Å². The fraction of sp³-hybridized carbons (Fsp3) is 0.625. The van der Waals surface area contributed by atoms with E-state index in [0.29, 0.717) is 6.04 Å². The lowest BCUT2D eigenvalue weighted by molar-refractivity contribution is -0.135. The minimum absolute atomic E-state index is 0.0675. The van der Waals surface area contributed by atoms with E-state index < -0.39 is 0 Å². The van der Waals surface area contributed by atoms with Gasteiger partial charge in [-0.3, -0.25) is 0 Å². The van der Waals surface area contributed by atoms with Gasteiger partial charge in [-0.15, -0.1) is 0 Å². The van der Waals surface area contributed by atoms with Crippen molar-refractivity contribution in [2.75, 3.05) is 25.1 Å². The molecular weight excluding hydrogens is 238 g/mol. The minimum Gasteiger partial charge on any atom is -0.382 e. The maximum Gasteiger partial charge on any atom is 0.0745 e. The van der Waals surface area contributed by atoms with Gasteiger partial charge in [0.15, 0.2) is 0 Å². The lowest BCUT2D eigenvalue weighted by atomic mass is 9.84. The summed E-state index contributed by atoms with van der Waals surface area (Å²) in [4.78, 5) is 0. The molecule has 104 valence electrons. The second-order valence-corrected chi connectivity index (χ2v) is 5.85. The van der Waals surface area contributed by atoms with E-state index in [1.54, 1.807) is 0 Å². The molecule has 0 radical (unpaired) electrons. The van der Waals surface area contributed by atoms with Crippen molar-refractivity contribution in [1.82, 2.24) is 0 Å². The lowest BCUT2D eigenvalue weighted by Crippen LogP contribution is -2.47. The Labute approximate surface area is 115 Å². The van der Waals surface area contributed by atoms with Crippen LogP contribution in [0.25, 0.3) is 0 Å². The maximum atomic E-state index is 6.08. The standard InChI is InChI=1S/C16H23NO2/c1-13-3-2-4-14(11-13)17-15-5-8-19-16(12-15)6-9-18-10-7-16/h2-4,11,15,17H,5-10,12H2,1H3. The van der Waals surface area contributed by atoms with Crippen LogP contribution in [0.1, 0.15) is 31.2 Å². The molecule has 0 aliphatic carbocycles. The van der Waals surface area contributed by atoms with Gasteiger partial charge in [0.05, 0.1) is 5.60 Å². The zero-order valence-corrected chi connectivity index (χ0v) is 11.7. The van der Waals surface area contributed by atoms with E-state index in [1.807, 2.05) is 0 Å². The number of aryl methyl sites for hydroxylation is 1. The molecule has 3 rings (SSSR count). The maximum absolute atomic E-state index is 6.08. The Hall–Kier alpha value is -1.06. The van der Waals surface area contributed by atoms with Gasteiger partial charge in [-0.2, -0.15) is 0 Å². The number of benzene rings is 1. The average molecular weight is 261 g/mol. The first-order valence-corrected chi connectivity index (χ1v) is 7.31. The first kappa shape index (κ1) is 12.9. The van der Waals surface area contributed by atoms with Gasteiger partial charge in [-0.25, -0.2) is 0 Å². The predicted octanol–water partition coefficient (Wildman–Crippen LogP) is 3.14. The molecule has 1 aromatic rings. The van der Waals surface area contributed by atoms with E-state index in [2.05, 4.69) is 36.5 Å². The lowest BCUT2D eigenvalue weighted by Gasteiger charge is -2.43. The zero-order valence-electron chi connectivity index (χ0n) is 11.7. The van der Waals surface area contributed by atoms with Crippen molar-refractivity contribution in [1.29, 1.82) is 0 Å². The molecule has 1 aromatic carbocycles. The molecule has 3 nitrogen and oxygen atoms in total. The summed E-state index contributed by atoms with van der Waals surface area (Å²) in [7, 11) is 0. The Kier molecular flexibility index (Phi) is 3.76. The second-order valence-electron chi connectivity index (χ2n) is 5.85. The van der Waals surface area contributed by atoms with Crippen molar-refractivity contribution in [2.45, 2.75) is 44.2 Å². The molecule has 1 unspecified atom stereocenters. The van der Waals surface area contributed by atoms with Crippen molar-refractivity contribution in [3.63, 3.8) is 0 Å². The summed E-state index contributed by atoms with van der Waals surface area (Å²) in [6.45, 7) is 4.69. The molecule has 3 heteroatoms. The molecule has 1 N–H and O–H groups in total. The number of nitrogens with one attached hydrogen (secondary N) is 1. The molecule has 2 saturated heterocycles. The minimum atomic E-state index is 0.0675. The van der Waals surface area contributed by atoms with Crippen LogP contribution in [0.5, 0.6) is 0 Å². The molecule has 2 aliphatic rings. The third-order valence-electron chi connectivity index (χ3n) is 4.29. The number of rotatable bonds is 2. The van der Waals surface area contributed by atoms with Gasteiger partial charge in [0.1, 0.15) is 0 Å². The van der Waals surface area contributed by atoms with E-state index in [4.69, 9.17) is 9.47 Å². The Morgan fingerprint density at radius 1 is 1.21 bits per heavy atom. The summed E-state index contributed by atoms with van der Waals surface area (Å²) in [5.74, 6) is 0. The van der Waals surface area contributed by atoms with E-state index in [9.17, 15) is 0 Å². The van der Waals surface area contributed by atoms with Gasteiger partial charge in [0.2, 0.25) is 0 Å². The SMILES string of the molecule is Cc1cccc(NC2CCOC3(CCOCC3)C2)c1. The Balaban J connectivity index is 1.65. The van der Waals surface area contributed by atoms with Crippen LogP contribution in [0.2, 0.25) is 0 Å². The van der Waals surface area contributed by atoms with Crippen LogP contribution in [-0.2, 0) is 9.47 Å².